The van der Waals surface area contributed by atoms with Gasteiger partial charge in [0.1, 0.15) is 30.2 Å². The molecule has 0 spiro atoms. The topological polar surface area (TPSA) is 222 Å². The van der Waals surface area contributed by atoms with Crippen molar-refractivity contribution in [2.75, 3.05) is 20.3 Å². The fraction of sp³-hybridized carbons (Fsp3) is 0.538. The molecule has 3 aliphatic rings. The van der Waals surface area contributed by atoms with Crippen LogP contribution in [0.3, 0.4) is 0 Å². The number of aliphatic hydroxyl groups is 6. The van der Waals surface area contributed by atoms with Gasteiger partial charge < -0.3 is 59.4 Å². The van der Waals surface area contributed by atoms with Gasteiger partial charge in [-0.2, -0.15) is 0 Å². The van der Waals surface area contributed by atoms with Crippen molar-refractivity contribution < 1.29 is 69.0 Å². The van der Waals surface area contributed by atoms with Crippen molar-refractivity contribution in [1.82, 2.24) is 0 Å². The van der Waals surface area contributed by atoms with Crippen LogP contribution in [0.15, 0.2) is 42.2 Å². The molecule has 40 heavy (non-hydrogen) atoms. The fourth-order valence-corrected chi connectivity index (χ4v) is 5.18. The van der Waals surface area contributed by atoms with E-state index >= 15 is 0 Å². The van der Waals surface area contributed by atoms with Gasteiger partial charge in [0.05, 0.1) is 44.4 Å². The van der Waals surface area contributed by atoms with Crippen LogP contribution in [0, 0.1) is 17.8 Å². The minimum absolute atomic E-state index is 0.0543. The molecule has 1 saturated heterocycles. The maximum absolute atomic E-state index is 12.4. The molecule has 0 amide bonds. The molecule has 2 aliphatic heterocycles. The van der Waals surface area contributed by atoms with Gasteiger partial charge in [0.15, 0.2) is 6.29 Å². The summed E-state index contributed by atoms with van der Waals surface area (Å²) in [6, 6.07) is 6.02. The molecule has 1 aromatic rings. The highest BCUT2D eigenvalue weighted by Gasteiger charge is 2.59. The Balaban J connectivity index is 1.54. The number of phenolic OH excluding ortho intramolecular Hbond substituents is 1. The third kappa shape index (κ3) is 5.99. The number of fused-ring (bicyclic) bond motifs is 1. The van der Waals surface area contributed by atoms with Crippen molar-refractivity contribution in [1.29, 1.82) is 0 Å². The summed E-state index contributed by atoms with van der Waals surface area (Å²) < 4.78 is 26.8. The van der Waals surface area contributed by atoms with Crippen LogP contribution in [0.5, 0.6) is 5.75 Å². The summed E-state index contributed by atoms with van der Waals surface area (Å²) in [6.45, 7) is -1.15. The Labute approximate surface area is 228 Å². The second-order valence-electron chi connectivity index (χ2n) is 9.71. The SMILES string of the molecule is COC(=O)C1=CO[C@H](O[C@@H]2O[C@@H](CO)[C@@H](O)[C@@H](O)[C@H]2O)[C@@H]2[C@@H](COC(=O)C=Cc3ccc(O)cc3)[C@@H](O)[C@@H](O)[C@H]12. The van der Waals surface area contributed by atoms with E-state index in [2.05, 4.69) is 0 Å². The molecule has 1 aliphatic carbocycles. The first kappa shape index (κ1) is 29.9. The zero-order valence-corrected chi connectivity index (χ0v) is 21.3. The van der Waals surface area contributed by atoms with Crippen LogP contribution in [0.1, 0.15) is 5.56 Å². The molecule has 1 saturated carbocycles. The zero-order valence-electron chi connectivity index (χ0n) is 21.3. The molecule has 1 aromatic carbocycles. The lowest BCUT2D eigenvalue weighted by molar-refractivity contribution is -0.343. The molecule has 2 heterocycles. The predicted octanol–water partition coefficient (Wildman–Crippen LogP) is -2.24. The van der Waals surface area contributed by atoms with Crippen LogP contribution < -0.4 is 0 Å². The molecule has 14 nitrogen and oxygen atoms in total. The van der Waals surface area contributed by atoms with Gasteiger partial charge >= 0.3 is 11.9 Å². The normalized spacial score (nSPS) is 37.4. The molecule has 0 radical (unpaired) electrons. The van der Waals surface area contributed by atoms with Crippen LogP contribution in [0.4, 0.5) is 0 Å². The number of ether oxygens (including phenoxy) is 5. The third-order valence-corrected chi connectivity index (χ3v) is 7.33. The number of methoxy groups -OCH3 is 1. The molecule has 2 fully saturated rings. The van der Waals surface area contributed by atoms with Gasteiger partial charge in [0, 0.05) is 23.8 Å². The number of phenols is 1. The third-order valence-electron chi connectivity index (χ3n) is 7.33. The molecule has 0 unspecified atom stereocenters. The average Bonchev–Trinajstić information content (AvgIpc) is 3.21. The summed E-state index contributed by atoms with van der Waals surface area (Å²) in [7, 11) is 1.12. The lowest BCUT2D eigenvalue weighted by Gasteiger charge is -2.43. The summed E-state index contributed by atoms with van der Waals surface area (Å²) in [5.74, 6) is -4.78. The molecule has 0 aromatic heterocycles. The minimum Gasteiger partial charge on any atom is -0.508 e. The monoisotopic (exact) mass is 568 g/mol. The highest BCUT2D eigenvalue weighted by atomic mass is 16.8. The number of carbonyl (C=O) groups is 2. The van der Waals surface area contributed by atoms with E-state index in [1.54, 1.807) is 12.1 Å². The van der Waals surface area contributed by atoms with Crippen LogP contribution in [0.25, 0.3) is 6.08 Å². The summed E-state index contributed by atoms with van der Waals surface area (Å²) in [4.78, 5) is 24.8. The maximum atomic E-state index is 12.4. The quantitative estimate of drug-likeness (QED) is 0.130. The average molecular weight is 569 g/mol. The van der Waals surface area contributed by atoms with Crippen molar-refractivity contribution >= 4 is 18.0 Å². The van der Waals surface area contributed by atoms with Gasteiger partial charge in [-0.15, -0.1) is 0 Å². The largest absolute Gasteiger partial charge is 0.508 e. The molecule has 11 atom stereocenters. The Bertz CT molecular complexity index is 1100. The highest BCUT2D eigenvalue weighted by Crippen LogP contribution is 2.48. The van der Waals surface area contributed by atoms with E-state index < -0.39 is 92.1 Å². The van der Waals surface area contributed by atoms with Gasteiger partial charge in [-0.25, -0.2) is 9.59 Å². The number of hydrogen-bond acceptors (Lipinski definition) is 14. The van der Waals surface area contributed by atoms with E-state index in [9.17, 15) is 45.3 Å². The van der Waals surface area contributed by atoms with E-state index in [0.29, 0.717) is 5.56 Å². The summed E-state index contributed by atoms with van der Waals surface area (Å²) >= 11 is 0. The van der Waals surface area contributed by atoms with Gasteiger partial charge in [-0.1, -0.05) is 12.1 Å². The number of aromatic hydroxyl groups is 1. The Morgan fingerprint density at radius 2 is 1.65 bits per heavy atom. The lowest BCUT2D eigenvalue weighted by Crippen LogP contribution is -2.60. The van der Waals surface area contributed by atoms with Crippen molar-refractivity contribution in [3.63, 3.8) is 0 Å². The standard InChI is InChI=1S/C26H32O14/c1-36-24(35)14-10-38-25(40-26-23(34)22(33)20(31)15(8-27)39-26)18-13(19(30)21(32)17(14)18)9-37-16(29)7-4-11-2-5-12(28)6-3-11/h2-7,10,13,15,17-23,25-28,30-34H,8-9H2,1H3/t13-,15+,17-,18-,19-,20-,21+,22-,23-,25-,26+/m1/s1. The molecular formula is C26H32O14. The molecule has 0 bridgehead atoms. The van der Waals surface area contributed by atoms with E-state index in [4.69, 9.17) is 23.7 Å². The number of benzene rings is 1. The maximum Gasteiger partial charge on any atom is 0.337 e. The number of carbonyl (C=O) groups excluding carboxylic acids is 2. The Hall–Kier alpha value is -3.08. The Morgan fingerprint density at radius 1 is 0.950 bits per heavy atom. The number of rotatable bonds is 8. The van der Waals surface area contributed by atoms with Crippen LogP contribution >= 0.6 is 0 Å². The van der Waals surface area contributed by atoms with Crippen LogP contribution in [0.2, 0.25) is 0 Å². The summed E-state index contributed by atoms with van der Waals surface area (Å²) in [6.07, 6.45) is -8.97. The van der Waals surface area contributed by atoms with Crippen molar-refractivity contribution in [2.45, 2.75) is 49.2 Å². The van der Waals surface area contributed by atoms with E-state index in [1.807, 2.05) is 0 Å². The highest BCUT2D eigenvalue weighted by molar-refractivity contribution is 5.89. The van der Waals surface area contributed by atoms with Crippen molar-refractivity contribution in [3.8, 4) is 5.75 Å². The second-order valence-corrected chi connectivity index (χ2v) is 9.71. The Kier molecular flexibility index (Phi) is 9.43. The van der Waals surface area contributed by atoms with Crippen LogP contribution in [-0.2, 0) is 33.3 Å². The molecular weight excluding hydrogens is 536 g/mol. The first-order chi connectivity index (χ1) is 19.1. The Morgan fingerprint density at radius 3 is 2.30 bits per heavy atom. The van der Waals surface area contributed by atoms with Crippen LogP contribution in [-0.4, -0.2) is 117 Å². The lowest BCUT2D eigenvalue weighted by atomic mass is 9.82. The van der Waals surface area contributed by atoms with Gasteiger partial charge in [-0.3, -0.25) is 0 Å². The smallest absolute Gasteiger partial charge is 0.337 e. The van der Waals surface area contributed by atoms with Gasteiger partial charge in [-0.05, 0) is 23.8 Å². The first-order valence-electron chi connectivity index (χ1n) is 12.5. The summed E-state index contributed by atoms with van der Waals surface area (Å²) in [5, 5.41) is 71.2. The molecule has 220 valence electrons. The first-order valence-corrected chi connectivity index (χ1v) is 12.5. The van der Waals surface area contributed by atoms with Gasteiger partial charge in [0.2, 0.25) is 6.29 Å². The van der Waals surface area contributed by atoms with E-state index in [1.165, 1.54) is 18.2 Å². The molecule has 7 N–H and O–H groups in total. The minimum atomic E-state index is -1.77. The van der Waals surface area contributed by atoms with E-state index in [-0.39, 0.29) is 11.3 Å². The molecule has 14 heteroatoms. The number of aliphatic hydroxyl groups excluding tert-OH is 6. The second kappa shape index (κ2) is 12.6. The van der Waals surface area contributed by atoms with Crippen molar-refractivity contribution in [3.05, 3.63) is 47.7 Å². The molecule has 4 rings (SSSR count). The van der Waals surface area contributed by atoms with Gasteiger partial charge in [0.25, 0.3) is 0 Å². The summed E-state index contributed by atoms with van der Waals surface area (Å²) in [5.41, 5.74) is 0.487. The fourth-order valence-electron chi connectivity index (χ4n) is 5.18. The zero-order chi connectivity index (χ0) is 29.1. The van der Waals surface area contributed by atoms with E-state index in [0.717, 1.165) is 19.4 Å². The van der Waals surface area contributed by atoms with Crippen molar-refractivity contribution in [2.24, 2.45) is 17.8 Å². The predicted molar refractivity (Wildman–Crippen MR) is 130 cm³/mol. The number of hydrogen-bond donors (Lipinski definition) is 7. The number of esters is 2.